The topological polar surface area (TPSA) is 72.9 Å². The molecule has 1 aromatic heterocycles. The monoisotopic (exact) mass is 542 g/mol. The molecule has 31 heavy (non-hydrogen) atoms. The molecule has 2 N–H and O–H groups in total. The Balaban J connectivity index is 0.00000341. The first-order chi connectivity index (χ1) is 14.6. The lowest BCUT2D eigenvalue weighted by Gasteiger charge is -2.34. The predicted molar refractivity (Wildman–Crippen MR) is 138 cm³/mol. The number of pyridine rings is 1. The number of carbonyl (C=O) groups excluding carboxylic acids is 1. The second kappa shape index (κ2) is 13.8. The van der Waals surface area contributed by atoms with Crippen molar-refractivity contribution >= 4 is 41.5 Å². The lowest BCUT2D eigenvalue weighted by atomic mass is 9.89. The third-order valence-electron chi connectivity index (χ3n) is 6.35. The zero-order valence-corrected chi connectivity index (χ0v) is 21.4. The number of hydrogen-bond donors (Lipinski definition) is 2. The van der Waals surface area contributed by atoms with Crippen molar-refractivity contribution in [3.8, 4) is 0 Å². The van der Waals surface area contributed by atoms with Gasteiger partial charge >= 0.3 is 0 Å². The third kappa shape index (κ3) is 8.82. The third-order valence-corrected chi connectivity index (χ3v) is 6.35. The number of carbonyl (C=O) groups is 1. The zero-order valence-electron chi connectivity index (χ0n) is 19.1. The highest BCUT2D eigenvalue weighted by atomic mass is 127. The summed E-state index contributed by atoms with van der Waals surface area (Å²) in [6.45, 7) is 4.17. The first-order valence-electron chi connectivity index (χ1n) is 11.5. The summed E-state index contributed by atoms with van der Waals surface area (Å²) in [7, 11) is 3.55. The summed E-state index contributed by atoms with van der Waals surface area (Å²) < 4.78 is 0. The van der Waals surface area contributed by atoms with Crippen LogP contribution in [0.25, 0.3) is 0 Å². The van der Waals surface area contributed by atoms with Crippen LogP contribution in [-0.2, 0) is 4.79 Å². The fourth-order valence-electron chi connectivity index (χ4n) is 4.29. The smallest absolute Gasteiger partial charge is 0.243 e. The molecule has 2 heterocycles. The Kier molecular flexibility index (Phi) is 11.4. The molecule has 7 nitrogen and oxygen atoms in total. The van der Waals surface area contributed by atoms with Crippen molar-refractivity contribution in [2.24, 2.45) is 16.8 Å². The molecule has 2 aliphatic rings. The van der Waals surface area contributed by atoms with Gasteiger partial charge in [-0.05, 0) is 49.7 Å². The normalized spacial score (nSPS) is 18.3. The van der Waals surface area contributed by atoms with E-state index in [1.165, 1.54) is 37.8 Å². The van der Waals surface area contributed by atoms with Crippen LogP contribution < -0.4 is 15.5 Å². The fourth-order valence-corrected chi connectivity index (χ4v) is 4.29. The molecule has 0 atom stereocenters. The summed E-state index contributed by atoms with van der Waals surface area (Å²) in [5.41, 5.74) is 1.26. The van der Waals surface area contributed by atoms with Crippen LogP contribution in [0.2, 0.25) is 0 Å². The Bertz CT molecular complexity index is 670. The molecule has 1 saturated heterocycles. The summed E-state index contributed by atoms with van der Waals surface area (Å²) >= 11 is 0. The molecule has 0 bridgehead atoms. The molecule has 1 amide bonds. The van der Waals surface area contributed by atoms with E-state index in [0.717, 1.165) is 50.9 Å². The van der Waals surface area contributed by atoms with Gasteiger partial charge in [0.05, 0.1) is 0 Å². The maximum Gasteiger partial charge on any atom is 0.243 e. The lowest BCUT2D eigenvalue weighted by Crippen LogP contribution is -2.44. The SMILES string of the molecule is CN(C)C(=O)CN=C(NCC1CCCCC1)NCC1CCN(c2ccncc2)CC1.I. The van der Waals surface area contributed by atoms with Gasteiger partial charge in [-0.25, -0.2) is 4.99 Å². The van der Waals surface area contributed by atoms with Crippen molar-refractivity contribution in [1.29, 1.82) is 0 Å². The number of likely N-dealkylation sites (N-methyl/N-ethyl adjacent to an activating group) is 1. The minimum atomic E-state index is 0. The molecule has 3 rings (SSSR count). The average molecular weight is 543 g/mol. The van der Waals surface area contributed by atoms with Gasteiger partial charge in [0, 0.05) is 58.4 Å². The van der Waals surface area contributed by atoms with Crippen LogP contribution in [0, 0.1) is 11.8 Å². The number of rotatable bonds is 7. The molecular formula is C23H39IN6O. The van der Waals surface area contributed by atoms with Gasteiger partial charge in [-0.2, -0.15) is 0 Å². The standard InChI is InChI=1S/C23H38N6O.HI/c1-28(2)22(30)18-27-23(25-16-19-6-4-3-5-7-19)26-17-20-10-14-29(15-11-20)21-8-12-24-13-9-21;/h8-9,12-13,19-20H,3-7,10-11,14-18H2,1-2H3,(H2,25,26,27);1H. The molecular weight excluding hydrogens is 503 g/mol. The highest BCUT2D eigenvalue weighted by molar-refractivity contribution is 14.0. The van der Waals surface area contributed by atoms with Crippen molar-refractivity contribution in [2.45, 2.75) is 44.9 Å². The molecule has 0 unspecified atom stereocenters. The number of halogens is 1. The molecule has 1 saturated carbocycles. The van der Waals surface area contributed by atoms with Gasteiger partial charge in [-0.3, -0.25) is 9.78 Å². The molecule has 1 aromatic rings. The van der Waals surface area contributed by atoms with E-state index >= 15 is 0 Å². The summed E-state index contributed by atoms with van der Waals surface area (Å²) in [5.74, 6) is 2.15. The van der Waals surface area contributed by atoms with Crippen LogP contribution in [0.4, 0.5) is 5.69 Å². The van der Waals surface area contributed by atoms with E-state index in [1.807, 2.05) is 12.4 Å². The molecule has 1 aliphatic carbocycles. The van der Waals surface area contributed by atoms with Gasteiger partial charge in [0.25, 0.3) is 0 Å². The summed E-state index contributed by atoms with van der Waals surface area (Å²) in [6.07, 6.45) is 12.7. The van der Waals surface area contributed by atoms with E-state index in [2.05, 4.69) is 37.6 Å². The molecule has 0 radical (unpaired) electrons. The number of aliphatic imine (C=N–C) groups is 1. The van der Waals surface area contributed by atoms with Gasteiger partial charge < -0.3 is 20.4 Å². The molecule has 2 fully saturated rings. The van der Waals surface area contributed by atoms with E-state index < -0.39 is 0 Å². The van der Waals surface area contributed by atoms with Gasteiger partial charge in [0.1, 0.15) is 6.54 Å². The predicted octanol–water partition coefficient (Wildman–Crippen LogP) is 3.12. The van der Waals surface area contributed by atoms with Crippen LogP contribution in [0.5, 0.6) is 0 Å². The van der Waals surface area contributed by atoms with E-state index in [9.17, 15) is 4.79 Å². The minimum Gasteiger partial charge on any atom is -0.371 e. The Morgan fingerprint density at radius 1 is 1.03 bits per heavy atom. The van der Waals surface area contributed by atoms with Gasteiger partial charge in [-0.1, -0.05) is 19.3 Å². The number of anilines is 1. The van der Waals surface area contributed by atoms with Crippen LogP contribution in [0.1, 0.15) is 44.9 Å². The fraction of sp³-hybridized carbons (Fsp3) is 0.696. The van der Waals surface area contributed by atoms with Crippen molar-refractivity contribution in [3.05, 3.63) is 24.5 Å². The number of nitrogens with one attached hydrogen (secondary N) is 2. The first kappa shape index (κ1) is 25.7. The van der Waals surface area contributed by atoms with Crippen molar-refractivity contribution < 1.29 is 4.79 Å². The van der Waals surface area contributed by atoms with Gasteiger partial charge in [0.15, 0.2) is 5.96 Å². The first-order valence-corrected chi connectivity index (χ1v) is 11.5. The summed E-state index contributed by atoms with van der Waals surface area (Å²) in [5, 5.41) is 7.03. The number of amides is 1. The maximum atomic E-state index is 12.0. The molecule has 174 valence electrons. The number of piperidine rings is 1. The molecule has 0 aromatic carbocycles. The van der Waals surface area contributed by atoms with E-state index in [1.54, 1.807) is 19.0 Å². The maximum absolute atomic E-state index is 12.0. The van der Waals surface area contributed by atoms with E-state index in [0.29, 0.717) is 5.92 Å². The summed E-state index contributed by atoms with van der Waals surface area (Å²) in [4.78, 5) is 24.7. The molecule has 8 heteroatoms. The number of hydrogen-bond acceptors (Lipinski definition) is 4. The van der Waals surface area contributed by atoms with Crippen molar-refractivity contribution in [2.75, 3.05) is 51.7 Å². The highest BCUT2D eigenvalue weighted by Crippen LogP contribution is 2.23. The average Bonchev–Trinajstić information content (AvgIpc) is 2.80. The van der Waals surface area contributed by atoms with Crippen LogP contribution in [0.15, 0.2) is 29.5 Å². The molecule has 0 spiro atoms. The Morgan fingerprint density at radius 2 is 1.61 bits per heavy atom. The van der Waals surface area contributed by atoms with Crippen LogP contribution in [0.3, 0.4) is 0 Å². The van der Waals surface area contributed by atoms with Gasteiger partial charge in [-0.15, -0.1) is 24.0 Å². The lowest BCUT2D eigenvalue weighted by molar-refractivity contribution is -0.127. The van der Waals surface area contributed by atoms with Crippen LogP contribution in [-0.4, -0.2) is 68.6 Å². The number of aromatic nitrogens is 1. The largest absolute Gasteiger partial charge is 0.371 e. The Morgan fingerprint density at radius 3 is 2.19 bits per heavy atom. The van der Waals surface area contributed by atoms with Crippen molar-refractivity contribution in [1.82, 2.24) is 20.5 Å². The minimum absolute atomic E-state index is 0. The Labute approximate surface area is 204 Å². The second-order valence-electron chi connectivity index (χ2n) is 8.85. The quantitative estimate of drug-likeness (QED) is 0.315. The van der Waals surface area contributed by atoms with E-state index in [4.69, 9.17) is 0 Å². The highest BCUT2D eigenvalue weighted by Gasteiger charge is 2.20. The van der Waals surface area contributed by atoms with Crippen LogP contribution >= 0.6 is 24.0 Å². The molecule has 1 aliphatic heterocycles. The summed E-state index contributed by atoms with van der Waals surface area (Å²) in [6, 6.07) is 4.17. The van der Waals surface area contributed by atoms with E-state index in [-0.39, 0.29) is 36.4 Å². The van der Waals surface area contributed by atoms with Crippen molar-refractivity contribution in [3.63, 3.8) is 0 Å². The van der Waals surface area contributed by atoms with Gasteiger partial charge in [0.2, 0.25) is 5.91 Å². The second-order valence-corrected chi connectivity index (χ2v) is 8.85. The Hall–Kier alpha value is -1.58. The number of guanidine groups is 1. The zero-order chi connectivity index (χ0) is 21.2. The number of nitrogens with zero attached hydrogens (tertiary/aromatic N) is 4.